The molecule has 4 heteroatoms. The molecule has 0 amide bonds. The molecule has 100 valence electrons. The Morgan fingerprint density at radius 3 is 2.61 bits per heavy atom. The minimum atomic E-state index is 0.908. The van der Waals surface area contributed by atoms with Gasteiger partial charge in [-0.05, 0) is 19.3 Å². The predicted molar refractivity (Wildman–Crippen MR) is 76.0 cm³/mol. The molecule has 4 nitrogen and oxygen atoms in total. The molecule has 0 radical (unpaired) electrons. The molecule has 0 saturated heterocycles. The van der Waals surface area contributed by atoms with Crippen LogP contribution in [0.15, 0.2) is 6.33 Å². The highest BCUT2D eigenvalue weighted by Crippen LogP contribution is 2.26. The second kappa shape index (κ2) is 6.57. The van der Waals surface area contributed by atoms with Gasteiger partial charge in [0.05, 0.1) is 0 Å². The van der Waals surface area contributed by atoms with Crippen molar-refractivity contribution in [2.24, 2.45) is 5.92 Å². The summed E-state index contributed by atoms with van der Waals surface area (Å²) >= 11 is 0. The maximum absolute atomic E-state index is 4.31. The van der Waals surface area contributed by atoms with Gasteiger partial charge in [-0.1, -0.05) is 32.1 Å². The molecule has 2 N–H and O–H groups in total. The minimum Gasteiger partial charge on any atom is -0.373 e. The minimum absolute atomic E-state index is 0.908. The van der Waals surface area contributed by atoms with Crippen LogP contribution in [0.4, 0.5) is 11.6 Å². The molecule has 1 aromatic rings. The van der Waals surface area contributed by atoms with Crippen LogP contribution in [-0.4, -0.2) is 23.6 Å². The van der Waals surface area contributed by atoms with E-state index in [0.29, 0.717) is 0 Å². The van der Waals surface area contributed by atoms with Crippen molar-refractivity contribution in [3.8, 4) is 0 Å². The summed E-state index contributed by atoms with van der Waals surface area (Å²) in [6.07, 6.45) is 9.96. The number of hydrogen-bond donors (Lipinski definition) is 2. The third-order valence-electron chi connectivity index (χ3n) is 3.89. The number of anilines is 2. The van der Waals surface area contributed by atoms with Crippen molar-refractivity contribution in [1.29, 1.82) is 0 Å². The second-order valence-electron chi connectivity index (χ2n) is 5.17. The van der Waals surface area contributed by atoms with E-state index in [1.807, 2.05) is 7.05 Å². The second-order valence-corrected chi connectivity index (χ2v) is 5.17. The molecule has 1 aliphatic carbocycles. The molecule has 1 aliphatic rings. The number of rotatable bonds is 5. The van der Waals surface area contributed by atoms with Crippen LogP contribution >= 0.6 is 0 Å². The Hall–Kier alpha value is -1.32. The Morgan fingerprint density at radius 2 is 1.89 bits per heavy atom. The first-order valence-corrected chi connectivity index (χ1v) is 7.04. The topological polar surface area (TPSA) is 49.8 Å². The Bertz CT molecular complexity index is 372. The fourth-order valence-corrected chi connectivity index (χ4v) is 2.75. The summed E-state index contributed by atoms with van der Waals surface area (Å²) in [6, 6.07) is 0. The molecule has 2 rings (SSSR count). The molecule has 0 unspecified atom stereocenters. The van der Waals surface area contributed by atoms with E-state index >= 15 is 0 Å². The van der Waals surface area contributed by atoms with Crippen molar-refractivity contribution in [2.75, 3.05) is 24.2 Å². The summed E-state index contributed by atoms with van der Waals surface area (Å²) in [6.45, 7) is 3.07. The van der Waals surface area contributed by atoms with Gasteiger partial charge in [-0.3, -0.25) is 0 Å². The number of aromatic nitrogens is 2. The third-order valence-corrected chi connectivity index (χ3v) is 3.89. The van der Waals surface area contributed by atoms with Crippen LogP contribution in [-0.2, 0) is 0 Å². The summed E-state index contributed by atoms with van der Waals surface area (Å²) in [7, 11) is 1.89. The summed E-state index contributed by atoms with van der Waals surface area (Å²) in [5, 5.41) is 6.53. The lowest BCUT2D eigenvalue weighted by Crippen LogP contribution is -2.13. The Balaban J connectivity index is 1.82. The van der Waals surface area contributed by atoms with Crippen LogP contribution in [0.1, 0.15) is 44.1 Å². The third kappa shape index (κ3) is 3.34. The zero-order valence-electron chi connectivity index (χ0n) is 11.5. The van der Waals surface area contributed by atoms with E-state index in [-0.39, 0.29) is 0 Å². The molecule has 0 bridgehead atoms. The van der Waals surface area contributed by atoms with Gasteiger partial charge in [0, 0.05) is 19.2 Å². The zero-order valence-corrected chi connectivity index (χ0v) is 11.5. The van der Waals surface area contributed by atoms with Crippen molar-refractivity contribution in [3.05, 3.63) is 11.9 Å². The van der Waals surface area contributed by atoms with Gasteiger partial charge in [0.15, 0.2) is 0 Å². The maximum Gasteiger partial charge on any atom is 0.134 e. The normalized spacial score (nSPS) is 16.6. The van der Waals surface area contributed by atoms with Crippen LogP contribution in [0.2, 0.25) is 0 Å². The average molecular weight is 248 g/mol. The van der Waals surface area contributed by atoms with Gasteiger partial charge < -0.3 is 10.6 Å². The highest BCUT2D eigenvalue weighted by Gasteiger charge is 2.13. The van der Waals surface area contributed by atoms with E-state index in [0.717, 1.165) is 29.7 Å². The number of hydrogen-bond acceptors (Lipinski definition) is 4. The predicted octanol–water partition coefficient (Wildman–Crippen LogP) is 3.21. The molecule has 1 fully saturated rings. The molecule has 0 spiro atoms. The molecular weight excluding hydrogens is 224 g/mol. The van der Waals surface area contributed by atoms with Crippen molar-refractivity contribution >= 4 is 11.6 Å². The van der Waals surface area contributed by atoms with E-state index in [1.54, 1.807) is 6.33 Å². The zero-order chi connectivity index (χ0) is 12.8. The van der Waals surface area contributed by atoms with Gasteiger partial charge in [-0.2, -0.15) is 0 Å². The van der Waals surface area contributed by atoms with Gasteiger partial charge in [0.25, 0.3) is 0 Å². The van der Waals surface area contributed by atoms with Crippen molar-refractivity contribution in [2.45, 2.75) is 45.4 Å². The Morgan fingerprint density at radius 1 is 1.17 bits per heavy atom. The van der Waals surface area contributed by atoms with Gasteiger partial charge in [-0.25, -0.2) is 9.97 Å². The highest BCUT2D eigenvalue weighted by molar-refractivity contribution is 5.55. The lowest BCUT2D eigenvalue weighted by Gasteiger charge is -2.21. The fraction of sp³-hybridized carbons (Fsp3) is 0.714. The van der Waals surface area contributed by atoms with Crippen LogP contribution in [0, 0.1) is 12.8 Å². The van der Waals surface area contributed by atoms with Gasteiger partial charge in [0.1, 0.15) is 18.0 Å². The van der Waals surface area contributed by atoms with Crippen molar-refractivity contribution in [3.63, 3.8) is 0 Å². The molecule has 0 aliphatic heterocycles. The van der Waals surface area contributed by atoms with E-state index in [2.05, 4.69) is 27.5 Å². The van der Waals surface area contributed by atoms with Crippen molar-refractivity contribution < 1.29 is 0 Å². The van der Waals surface area contributed by atoms with E-state index in [4.69, 9.17) is 0 Å². The molecule has 1 heterocycles. The van der Waals surface area contributed by atoms with E-state index in [9.17, 15) is 0 Å². The molecule has 18 heavy (non-hydrogen) atoms. The molecule has 1 aromatic heterocycles. The Labute approximate surface area is 110 Å². The monoisotopic (exact) mass is 248 g/mol. The quantitative estimate of drug-likeness (QED) is 0.840. The van der Waals surface area contributed by atoms with Crippen LogP contribution in [0.3, 0.4) is 0 Å². The average Bonchev–Trinajstić information content (AvgIpc) is 2.42. The number of nitrogens with zero attached hydrogens (tertiary/aromatic N) is 2. The van der Waals surface area contributed by atoms with Gasteiger partial charge in [0.2, 0.25) is 0 Å². The first kappa shape index (κ1) is 13.1. The summed E-state index contributed by atoms with van der Waals surface area (Å²) in [4.78, 5) is 8.50. The first-order chi connectivity index (χ1) is 8.81. The Kier molecular flexibility index (Phi) is 4.79. The molecular formula is C14H24N4. The van der Waals surface area contributed by atoms with Crippen LogP contribution in [0.5, 0.6) is 0 Å². The van der Waals surface area contributed by atoms with E-state index < -0.39 is 0 Å². The lowest BCUT2D eigenvalue weighted by atomic mass is 9.87. The van der Waals surface area contributed by atoms with Crippen LogP contribution in [0.25, 0.3) is 0 Å². The van der Waals surface area contributed by atoms with Crippen molar-refractivity contribution in [1.82, 2.24) is 9.97 Å². The van der Waals surface area contributed by atoms with Crippen LogP contribution < -0.4 is 10.6 Å². The molecule has 1 saturated carbocycles. The smallest absolute Gasteiger partial charge is 0.134 e. The summed E-state index contributed by atoms with van der Waals surface area (Å²) in [5.74, 6) is 2.78. The largest absolute Gasteiger partial charge is 0.373 e. The first-order valence-electron chi connectivity index (χ1n) is 7.04. The number of nitrogens with one attached hydrogen (secondary N) is 2. The SMILES string of the molecule is CNc1ncnc(NCCC2CCCCC2)c1C. The molecule has 0 atom stereocenters. The standard InChI is InChI=1S/C14H24N4/c1-11-13(15-2)17-10-18-14(11)16-9-8-12-6-4-3-5-7-12/h10,12H,3-9H2,1-2H3,(H2,15,16,17,18). The lowest BCUT2D eigenvalue weighted by molar-refractivity contribution is 0.345. The maximum atomic E-state index is 4.31. The summed E-state index contributed by atoms with van der Waals surface area (Å²) in [5.41, 5.74) is 1.10. The summed E-state index contributed by atoms with van der Waals surface area (Å²) < 4.78 is 0. The van der Waals surface area contributed by atoms with Gasteiger partial charge in [-0.15, -0.1) is 0 Å². The van der Waals surface area contributed by atoms with Gasteiger partial charge >= 0.3 is 0 Å². The van der Waals surface area contributed by atoms with E-state index in [1.165, 1.54) is 38.5 Å². The molecule has 0 aromatic carbocycles. The highest BCUT2D eigenvalue weighted by atomic mass is 15.1. The fourth-order valence-electron chi connectivity index (χ4n) is 2.75.